The molecule has 0 amide bonds. The van der Waals surface area contributed by atoms with Crippen LogP contribution in [0.4, 0.5) is 17.1 Å². The molecule has 0 bridgehead atoms. The van der Waals surface area contributed by atoms with E-state index in [1.54, 1.807) is 18.2 Å². The van der Waals surface area contributed by atoms with Crippen molar-refractivity contribution in [1.82, 2.24) is 0 Å². The molecule has 1 unspecified atom stereocenters. The van der Waals surface area contributed by atoms with E-state index >= 15 is 0 Å². The molecule has 36 heavy (non-hydrogen) atoms. The van der Waals surface area contributed by atoms with Crippen molar-refractivity contribution in [3.05, 3.63) is 112 Å². The van der Waals surface area contributed by atoms with Gasteiger partial charge in [0.05, 0.1) is 11.3 Å². The van der Waals surface area contributed by atoms with E-state index in [2.05, 4.69) is 37.4 Å². The first kappa shape index (κ1) is 22.2. The van der Waals surface area contributed by atoms with Crippen LogP contribution in [-0.4, -0.2) is 5.97 Å². The van der Waals surface area contributed by atoms with Crippen molar-refractivity contribution in [2.75, 3.05) is 10.4 Å². The summed E-state index contributed by atoms with van der Waals surface area (Å²) >= 11 is 0. The lowest BCUT2D eigenvalue weighted by molar-refractivity contribution is 0.0224. The molecule has 0 radical (unpaired) electrons. The molecule has 180 valence electrons. The van der Waals surface area contributed by atoms with Crippen LogP contribution in [0.15, 0.2) is 72.8 Å². The first-order chi connectivity index (χ1) is 17.3. The van der Waals surface area contributed by atoms with Crippen LogP contribution in [0.5, 0.6) is 11.5 Å². The Morgan fingerprint density at radius 1 is 0.778 bits per heavy atom. The Hall–Kier alpha value is -4.33. The van der Waals surface area contributed by atoms with Crippen LogP contribution < -0.4 is 26.9 Å². The summed E-state index contributed by atoms with van der Waals surface area (Å²) in [6.07, 6.45) is 0. The second-order valence-corrected chi connectivity index (χ2v) is 9.41. The number of nitrogens with two attached hydrogens (primary N) is 2. The number of benzene rings is 4. The largest absolute Gasteiger partial charge is 0.456 e. The van der Waals surface area contributed by atoms with Crippen molar-refractivity contribution in [3.8, 4) is 11.5 Å². The number of esters is 1. The first-order valence-corrected chi connectivity index (χ1v) is 11.7. The minimum absolute atomic E-state index is 0.378. The normalized spacial score (nSPS) is 17.1. The van der Waals surface area contributed by atoms with Crippen molar-refractivity contribution in [3.63, 3.8) is 0 Å². The molecule has 4 aromatic carbocycles. The van der Waals surface area contributed by atoms with Gasteiger partial charge in [0, 0.05) is 34.1 Å². The molecule has 4 aromatic rings. The molecular weight excluding hydrogens is 452 g/mol. The number of nitrogens with one attached hydrogen (secondary N) is 1. The summed E-state index contributed by atoms with van der Waals surface area (Å²) in [7, 11) is 0. The quantitative estimate of drug-likeness (QED) is 0.204. The monoisotopic (exact) mass is 478 g/mol. The molecule has 7 heteroatoms. The van der Waals surface area contributed by atoms with Crippen LogP contribution in [-0.2, 0) is 10.3 Å². The maximum absolute atomic E-state index is 13.1. The molecule has 1 atom stereocenters. The zero-order valence-corrected chi connectivity index (χ0v) is 20.3. The maximum Gasteiger partial charge on any atom is 0.340 e. The minimum atomic E-state index is -1.17. The number of ether oxygens (including phenoxy) is 2. The van der Waals surface area contributed by atoms with Gasteiger partial charge in [-0.1, -0.05) is 35.9 Å². The topological polar surface area (TPSA) is 103 Å². The fourth-order valence-electron chi connectivity index (χ4n) is 5.20. The Labute approximate surface area is 209 Å². The molecule has 6 rings (SSSR count). The molecule has 5 N–H and O–H groups in total. The summed E-state index contributed by atoms with van der Waals surface area (Å²) in [6, 6.07) is 23.2. The molecule has 2 aliphatic heterocycles. The van der Waals surface area contributed by atoms with E-state index in [1.807, 2.05) is 43.3 Å². The van der Waals surface area contributed by atoms with Crippen molar-refractivity contribution >= 4 is 23.0 Å². The Morgan fingerprint density at radius 2 is 1.53 bits per heavy atom. The Kier molecular flexibility index (Phi) is 4.83. The lowest BCUT2D eigenvalue weighted by atomic mass is 9.77. The predicted molar refractivity (Wildman–Crippen MR) is 139 cm³/mol. The molecule has 0 aliphatic carbocycles. The van der Waals surface area contributed by atoms with Crippen LogP contribution >= 0.6 is 0 Å². The standard InChI is InChI=1S/C29H26N4O3/c1-16-8-11-24(17(2)12-16)32-25-15-23-26(13-18(25)3)35-27-14-19(33(30)31)9-10-22(27)29(23)21-7-5-4-6-20(21)28(34)36-29/h4-15,32H,30-31H2,1-3H3. The lowest BCUT2D eigenvalue weighted by Gasteiger charge is -2.37. The SMILES string of the molecule is Cc1ccc(Nc2cc3c(cc2C)Oc2cc(N(N)N)ccc2C32OC(=O)c3ccccc32)c(C)c1. The highest BCUT2D eigenvalue weighted by Gasteiger charge is 2.53. The number of anilines is 3. The number of rotatable bonds is 3. The molecule has 0 saturated carbocycles. The number of hydrazine groups is 2. The zero-order valence-electron chi connectivity index (χ0n) is 20.3. The lowest BCUT2D eigenvalue weighted by Crippen LogP contribution is -2.38. The van der Waals surface area contributed by atoms with Crippen molar-refractivity contribution in [2.45, 2.75) is 26.4 Å². The van der Waals surface area contributed by atoms with E-state index in [0.717, 1.165) is 38.7 Å². The van der Waals surface area contributed by atoms with Crippen molar-refractivity contribution < 1.29 is 14.3 Å². The molecule has 2 aliphatic rings. The van der Waals surface area contributed by atoms with Gasteiger partial charge >= 0.3 is 5.97 Å². The average Bonchev–Trinajstić information content (AvgIpc) is 3.14. The minimum Gasteiger partial charge on any atom is -0.456 e. The number of hydrogen-bond donors (Lipinski definition) is 3. The molecule has 0 aromatic heterocycles. The van der Waals surface area contributed by atoms with Gasteiger partial charge in [-0.2, -0.15) is 0 Å². The van der Waals surface area contributed by atoms with E-state index < -0.39 is 5.60 Å². The summed E-state index contributed by atoms with van der Waals surface area (Å²) in [6.45, 7) is 6.17. The highest BCUT2D eigenvalue weighted by molar-refractivity contribution is 5.97. The van der Waals surface area contributed by atoms with Gasteiger partial charge in [0.1, 0.15) is 11.5 Å². The summed E-state index contributed by atoms with van der Waals surface area (Å²) in [5.74, 6) is 12.3. The van der Waals surface area contributed by atoms with Gasteiger partial charge in [-0.25, -0.2) is 21.6 Å². The third kappa shape index (κ3) is 3.17. The number of carbonyl (C=O) groups excluding carboxylic acids is 1. The number of nitrogens with zero attached hydrogens (tertiary/aromatic N) is 1. The summed E-state index contributed by atoms with van der Waals surface area (Å²) < 4.78 is 12.6. The van der Waals surface area contributed by atoms with Crippen molar-refractivity contribution in [1.29, 1.82) is 0 Å². The summed E-state index contributed by atoms with van der Waals surface area (Å²) in [5.41, 5.74) is 7.39. The van der Waals surface area contributed by atoms with Crippen LogP contribution in [0.1, 0.15) is 43.7 Å². The molecule has 0 saturated heterocycles. The predicted octanol–water partition coefficient (Wildman–Crippen LogP) is 5.48. The number of aryl methyl sites for hydroxylation is 3. The maximum atomic E-state index is 13.1. The van der Waals surface area contributed by atoms with E-state index in [4.69, 9.17) is 21.2 Å². The number of hydrogen-bond acceptors (Lipinski definition) is 7. The van der Waals surface area contributed by atoms with Gasteiger partial charge in [0.25, 0.3) is 0 Å². The van der Waals surface area contributed by atoms with Gasteiger partial charge in [-0.05, 0) is 68.3 Å². The molecule has 1 spiro atoms. The third-order valence-corrected chi connectivity index (χ3v) is 6.99. The molecular formula is C29H26N4O3. The van der Waals surface area contributed by atoms with Gasteiger partial charge in [-0.3, -0.25) is 0 Å². The van der Waals surface area contributed by atoms with Crippen LogP contribution in [0.25, 0.3) is 0 Å². The molecule has 0 fully saturated rings. The zero-order chi connectivity index (χ0) is 25.2. The smallest absolute Gasteiger partial charge is 0.340 e. The average molecular weight is 479 g/mol. The highest BCUT2D eigenvalue weighted by Crippen LogP contribution is 2.57. The summed E-state index contributed by atoms with van der Waals surface area (Å²) in [5, 5.41) is 4.60. The second kappa shape index (κ2) is 7.84. The fraction of sp³-hybridized carbons (Fsp3) is 0.138. The van der Waals surface area contributed by atoms with E-state index in [1.165, 1.54) is 5.56 Å². The third-order valence-electron chi connectivity index (χ3n) is 6.99. The Balaban J connectivity index is 1.59. The van der Waals surface area contributed by atoms with Gasteiger partial charge < -0.3 is 14.8 Å². The fourth-order valence-corrected chi connectivity index (χ4v) is 5.20. The summed E-state index contributed by atoms with van der Waals surface area (Å²) in [4.78, 5) is 13.1. The number of fused-ring (bicyclic) bond motifs is 6. The van der Waals surface area contributed by atoms with Crippen LogP contribution in [0, 0.1) is 20.8 Å². The van der Waals surface area contributed by atoms with E-state index in [0.29, 0.717) is 28.3 Å². The Bertz CT molecular complexity index is 1560. The molecule has 2 heterocycles. The van der Waals surface area contributed by atoms with Crippen LogP contribution in [0.2, 0.25) is 0 Å². The van der Waals surface area contributed by atoms with E-state index in [9.17, 15) is 4.79 Å². The second-order valence-electron chi connectivity index (χ2n) is 9.41. The van der Waals surface area contributed by atoms with Gasteiger partial charge in [-0.15, -0.1) is 0 Å². The van der Waals surface area contributed by atoms with Gasteiger partial charge in [0.2, 0.25) is 0 Å². The van der Waals surface area contributed by atoms with Gasteiger partial charge in [0.15, 0.2) is 5.60 Å². The first-order valence-electron chi connectivity index (χ1n) is 11.7. The Morgan fingerprint density at radius 3 is 2.31 bits per heavy atom. The highest BCUT2D eigenvalue weighted by atomic mass is 16.6. The number of carbonyl (C=O) groups is 1. The molecule has 7 nitrogen and oxygen atoms in total. The van der Waals surface area contributed by atoms with Crippen molar-refractivity contribution in [2.24, 2.45) is 11.7 Å². The van der Waals surface area contributed by atoms with Crippen LogP contribution in [0.3, 0.4) is 0 Å². The van der Waals surface area contributed by atoms with E-state index in [-0.39, 0.29) is 5.97 Å².